The highest BCUT2D eigenvalue weighted by molar-refractivity contribution is 6.06. The van der Waals surface area contributed by atoms with Gasteiger partial charge in [0.1, 0.15) is 11.8 Å². The first-order valence-electron chi connectivity index (χ1n) is 6.72. The minimum absolute atomic E-state index is 0.0295. The molecule has 1 aromatic carbocycles. The van der Waals surface area contributed by atoms with E-state index < -0.39 is 6.04 Å². The smallest absolute Gasteiger partial charge is 0.255 e. The van der Waals surface area contributed by atoms with Gasteiger partial charge in [0.05, 0.1) is 0 Å². The summed E-state index contributed by atoms with van der Waals surface area (Å²) in [5.74, 6) is 1.10. The maximum Gasteiger partial charge on any atom is 0.255 e. The van der Waals surface area contributed by atoms with Crippen molar-refractivity contribution in [3.63, 3.8) is 0 Å². The van der Waals surface area contributed by atoms with Crippen LogP contribution in [0.1, 0.15) is 0 Å². The van der Waals surface area contributed by atoms with Gasteiger partial charge in [-0.2, -0.15) is 0 Å². The van der Waals surface area contributed by atoms with Crippen molar-refractivity contribution >= 4 is 11.6 Å². The summed E-state index contributed by atoms with van der Waals surface area (Å²) < 4.78 is 10.6. The van der Waals surface area contributed by atoms with E-state index in [1.807, 2.05) is 24.3 Å². The zero-order valence-corrected chi connectivity index (χ0v) is 11.1. The summed E-state index contributed by atoms with van der Waals surface area (Å²) in [5.41, 5.74) is 0.684. The van der Waals surface area contributed by atoms with Crippen LogP contribution in [0.25, 0.3) is 0 Å². The summed E-state index contributed by atoms with van der Waals surface area (Å²) in [5, 5.41) is 10.1. The van der Waals surface area contributed by atoms with Crippen molar-refractivity contribution in [2.75, 3.05) is 11.7 Å². The highest BCUT2D eigenvalue weighted by Crippen LogP contribution is 2.39. The molecule has 0 saturated carbocycles. The molecule has 21 heavy (non-hydrogen) atoms. The second kappa shape index (κ2) is 4.41. The molecule has 1 N–H and O–H groups in total. The van der Waals surface area contributed by atoms with E-state index in [0.717, 1.165) is 0 Å². The summed E-state index contributed by atoms with van der Waals surface area (Å²) >= 11 is 0. The highest BCUT2D eigenvalue weighted by Gasteiger charge is 2.38. The van der Waals surface area contributed by atoms with Gasteiger partial charge in [-0.1, -0.05) is 24.3 Å². The number of hydrogen-bond acceptors (Lipinski definition) is 4. The normalized spacial score (nSPS) is 23.2. The van der Waals surface area contributed by atoms with Crippen molar-refractivity contribution < 1.29 is 19.4 Å². The predicted octanol–water partition coefficient (Wildman–Crippen LogP) is 2.31. The maximum absolute atomic E-state index is 12.2. The average molecular weight is 283 g/mol. The van der Waals surface area contributed by atoms with E-state index in [0.29, 0.717) is 17.2 Å². The lowest BCUT2D eigenvalue weighted by Gasteiger charge is -2.28. The first-order valence-corrected chi connectivity index (χ1v) is 6.72. The van der Waals surface area contributed by atoms with Crippen molar-refractivity contribution in [2.45, 2.75) is 6.04 Å². The Labute approximate surface area is 121 Å². The van der Waals surface area contributed by atoms with Crippen LogP contribution in [0.3, 0.4) is 0 Å². The van der Waals surface area contributed by atoms with Gasteiger partial charge in [0.25, 0.3) is 5.91 Å². The lowest BCUT2D eigenvalue weighted by molar-refractivity contribution is -0.114. The summed E-state index contributed by atoms with van der Waals surface area (Å²) in [4.78, 5) is 13.8. The molecule has 5 heteroatoms. The molecule has 0 bridgehead atoms. The number of aliphatic hydroxyl groups is 1. The minimum Gasteiger partial charge on any atom is -0.510 e. The molecule has 0 fully saturated rings. The van der Waals surface area contributed by atoms with Crippen molar-refractivity contribution in [3.8, 4) is 11.5 Å². The number of hydrogen-bond donors (Lipinski definition) is 1. The first kappa shape index (κ1) is 12.1. The molecule has 0 spiro atoms. The van der Waals surface area contributed by atoms with Crippen LogP contribution >= 0.6 is 0 Å². The average Bonchev–Trinajstić information content (AvgIpc) is 3.17. The molecule has 0 aromatic heterocycles. The maximum atomic E-state index is 12.2. The van der Waals surface area contributed by atoms with Gasteiger partial charge in [0, 0.05) is 23.7 Å². The predicted molar refractivity (Wildman–Crippen MR) is 76.3 cm³/mol. The summed E-state index contributed by atoms with van der Waals surface area (Å²) in [7, 11) is 0. The molecule has 5 nitrogen and oxygen atoms in total. The van der Waals surface area contributed by atoms with Crippen molar-refractivity contribution in [2.24, 2.45) is 5.92 Å². The topological polar surface area (TPSA) is 59.0 Å². The second-order valence-electron chi connectivity index (χ2n) is 5.11. The fourth-order valence-electron chi connectivity index (χ4n) is 2.90. The Morgan fingerprint density at radius 3 is 2.71 bits per heavy atom. The monoisotopic (exact) mass is 283 g/mol. The van der Waals surface area contributed by atoms with E-state index in [-0.39, 0.29) is 24.4 Å². The number of carbonyl (C=O) groups is 1. The third-order valence-corrected chi connectivity index (χ3v) is 3.87. The van der Waals surface area contributed by atoms with Gasteiger partial charge in [0.15, 0.2) is 11.5 Å². The van der Waals surface area contributed by atoms with Crippen LogP contribution in [0.4, 0.5) is 5.69 Å². The number of rotatable bonds is 2. The third-order valence-electron chi connectivity index (χ3n) is 3.87. The Bertz CT molecular complexity index is 692. The van der Waals surface area contributed by atoms with Gasteiger partial charge in [-0.15, -0.1) is 0 Å². The first-order chi connectivity index (χ1) is 10.2. The number of aliphatic hydroxyl groups excluding tert-OH is 1. The Morgan fingerprint density at radius 1 is 1.14 bits per heavy atom. The fourth-order valence-corrected chi connectivity index (χ4v) is 2.90. The Hall–Kier alpha value is -2.69. The van der Waals surface area contributed by atoms with E-state index in [4.69, 9.17) is 9.47 Å². The molecule has 3 aliphatic rings. The molecule has 0 radical (unpaired) electrons. The molecule has 1 aliphatic carbocycles. The lowest BCUT2D eigenvalue weighted by Crippen LogP contribution is -2.39. The SMILES string of the molecule is O=C1C=C(O)C(C2C=CC=C2)N1c1ccc2c(c1)OCO2. The molecule has 1 amide bonds. The minimum atomic E-state index is -0.409. The summed E-state index contributed by atoms with van der Waals surface area (Å²) in [6, 6.07) is 4.93. The zero-order chi connectivity index (χ0) is 14.4. The quantitative estimate of drug-likeness (QED) is 0.905. The van der Waals surface area contributed by atoms with Crippen LogP contribution in [0, 0.1) is 5.92 Å². The van der Waals surface area contributed by atoms with Gasteiger partial charge in [-0.3, -0.25) is 9.69 Å². The number of fused-ring (bicyclic) bond motifs is 1. The molecule has 1 unspecified atom stereocenters. The molecular formula is C16H13NO4. The van der Waals surface area contributed by atoms with E-state index in [1.54, 1.807) is 23.1 Å². The van der Waals surface area contributed by atoms with Gasteiger partial charge >= 0.3 is 0 Å². The molecule has 1 atom stereocenters. The van der Waals surface area contributed by atoms with Crippen molar-refractivity contribution in [1.29, 1.82) is 0 Å². The van der Waals surface area contributed by atoms with Gasteiger partial charge < -0.3 is 14.6 Å². The highest BCUT2D eigenvalue weighted by atomic mass is 16.7. The van der Waals surface area contributed by atoms with Gasteiger partial charge in [0.2, 0.25) is 6.79 Å². The van der Waals surface area contributed by atoms with Crippen LogP contribution in [0.5, 0.6) is 11.5 Å². The fraction of sp³-hybridized carbons (Fsp3) is 0.188. The van der Waals surface area contributed by atoms with Crippen LogP contribution < -0.4 is 14.4 Å². The number of ether oxygens (including phenoxy) is 2. The number of amides is 1. The molecule has 2 heterocycles. The van der Waals surface area contributed by atoms with Crippen molar-refractivity contribution in [3.05, 3.63) is 54.3 Å². The van der Waals surface area contributed by atoms with E-state index >= 15 is 0 Å². The number of anilines is 1. The number of carbonyl (C=O) groups excluding carboxylic acids is 1. The Kier molecular flexibility index (Phi) is 2.54. The van der Waals surface area contributed by atoms with E-state index in [1.165, 1.54) is 6.08 Å². The largest absolute Gasteiger partial charge is 0.510 e. The standard InChI is InChI=1S/C16H13NO4/c18-12-8-15(19)17(16(12)10-3-1-2-4-10)11-5-6-13-14(7-11)21-9-20-13/h1-8,10,16,18H,9H2. The number of nitrogens with zero attached hydrogens (tertiary/aromatic N) is 1. The summed E-state index contributed by atoms with van der Waals surface area (Å²) in [6.07, 6.45) is 9.03. The number of allylic oxidation sites excluding steroid dienone is 2. The molecule has 0 saturated heterocycles. The van der Waals surface area contributed by atoms with Gasteiger partial charge in [-0.25, -0.2) is 0 Å². The Balaban J connectivity index is 1.73. The van der Waals surface area contributed by atoms with Crippen LogP contribution in [0.15, 0.2) is 54.3 Å². The second-order valence-corrected chi connectivity index (χ2v) is 5.11. The molecule has 4 rings (SSSR count). The molecule has 1 aromatic rings. The lowest BCUT2D eigenvalue weighted by atomic mass is 9.99. The van der Waals surface area contributed by atoms with E-state index in [9.17, 15) is 9.90 Å². The molecule has 106 valence electrons. The van der Waals surface area contributed by atoms with Crippen LogP contribution in [-0.4, -0.2) is 23.8 Å². The zero-order valence-electron chi connectivity index (χ0n) is 11.1. The molecule has 2 aliphatic heterocycles. The number of benzene rings is 1. The van der Waals surface area contributed by atoms with Crippen LogP contribution in [-0.2, 0) is 4.79 Å². The molecular weight excluding hydrogens is 270 g/mol. The third kappa shape index (κ3) is 1.81. The Morgan fingerprint density at radius 2 is 1.90 bits per heavy atom. The van der Waals surface area contributed by atoms with E-state index in [2.05, 4.69) is 0 Å². The van der Waals surface area contributed by atoms with Gasteiger partial charge in [-0.05, 0) is 12.1 Å². The summed E-state index contributed by atoms with van der Waals surface area (Å²) in [6.45, 7) is 0.188. The van der Waals surface area contributed by atoms with Crippen molar-refractivity contribution in [1.82, 2.24) is 0 Å². The van der Waals surface area contributed by atoms with Crippen LogP contribution in [0.2, 0.25) is 0 Å².